The van der Waals surface area contributed by atoms with Crippen molar-refractivity contribution in [2.45, 2.75) is 25.3 Å². The van der Waals surface area contributed by atoms with Crippen molar-refractivity contribution in [1.29, 1.82) is 0 Å². The van der Waals surface area contributed by atoms with Gasteiger partial charge in [-0.15, -0.1) is 11.3 Å². The number of para-hydroxylation sites is 1. The number of rotatable bonds is 6. The van der Waals surface area contributed by atoms with Gasteiger partial charge in [0.15, 0.2) is 5.01 Å². The molecule has 4 aromatic rings. The van der Waals surface area contributed by atoms with E-state index in [-0.39, 0.29) is 5.91 Å². The summed E-state index contributed by atoms with van der Waals surface area (Å²) in [5, 5.41) is 8.25. The summed E-state index contributed by atoms with van der Waals surface area (Å²) in [6, 6.07) is 13.9. The standard InChI is InChI=1S/C21H19N5OS/c27-20(21-24-16-3-1-2-4-19(16)28-21)23-11-12-26-18(15-5-6-15)13-17(25-26)14-7-9-22-10-8-14/h1-4,7-10,13,15H,5-6,11-12H2,(H,23,27). The van der Waals surface area contributed by atoms with Gasteiger partial charge in [0.1, 0.15) is 0 Å². The Kier molecular flexibility index (Phi) is 4.37. The zero-order valence-electron chi connectivity index (χ0n) is 15.2. The lowest BCUT2D eigenvalue weighted by Gasteiger charge is -2.07. The molecule has 5 rings (SSSR count). The molecule has 1 N–H and O–H groups in total. The minimum absolute atomic E-state index is 0.129. The van der Waals surface area contributed by atoms with Gasteiger partial charge in [0.25, 0.3) is 5.91 Å². The minimum Gasteiger partial charge on any atom is -0.348 e. The van der Waals surface area contributed by atoms with Crippen molar-refractivity contribution in [3.8, 4) is 11.3 Å². The zero-order valence-corrected chi connectivity index (χ0v) is 16.0. The third-order valence-corrected chi connectivity index (χ3v) is 5.92. The molecular weight excluding hydrogens is 370 g/mol. The molecular formula is C21H19N5OS. The van der Waals surface area contributed by atoms with Gasteiger partial charge >= 0.3 is 0 Å². The number of fused-ring (bicyclic) bond motifs is 1. The van der Waals surface area contributed by atoms with Gasteiger partial charge in [-0.3, -0.25) is 14.5 Å². The number of hydrogen-bond acceptors (Lipinski definition) is 5. The largest absolute Gasteiger partial charge is 0.348 e. The van der Waals surface area contributed by atoms with Crippen molar-refractivity contribution < 1.29 is 4.79 Å². The predicted molar refractivity (Wildman–Crippen MR) is 109 cm³/mol. The molecule has 0 atom stereocenters. The van der Waals surface area contributed by atoms with Crippen LogP contribution in [0.4, 0.5) is 0 Å². The number of benzene rings is 1. The van der Waals surface area contributed by atoms with Crippen molar-refractivity contribution in [1.82, 2.24) is 25.1 Å². The van der Waals surface area contributed by atoms with E-state index in [0.717, 1.165) is 21.5 Å². The maximum atomic E-state index is 12.5. The second-order valence-electron chi connectivity index (χ2n) is 6.93. The van der Waals surface area contributed by atoms with Crippen LogP contribution in [-0.2, 0) is 6.54 Å². The van der Waals surface area contributed by atoms with Crippen LogP contribution >= 0.6 is 11.3 Å². The van der Waals surface area contributed by atoms with Gasteiger partial charge in [-0.1, -0.05) is 12.1 Å². The first-order valence-electron chi connectivity index (χ1n) is 9.40. The van der Waals surface area contributed by atoms with Crippen molar-refractivity contribution >= 4 is 27.5 Å². The molecule has 0 aliphatic heterocycles. The first kappa shape index (κ1) is 17.1. The van der Waals surface area contributed by atoms with Crippen LogP contribution in [-0.4, -0.2) is 32.2 Å². The molecule has 1 fully saturated rings. The van der Waals surface area contributed by atoms with E-state index in [9.17, 15) is 4.79 Å². The van der Waals surface area contributed by atoms with Crippen LogP contribution in [0.3, 0.4) is 0 Å². The lowest BCUT2D eigenvalue weighted by molar-refractivity contribution is 0.0951. The Labute approximate surface area is 166 Å². The SMILES string of the molecule is O=C(NCCn1nc(-c2ccncc2)cc1C1CC1)c1nc2ccccc2s1. The van der Waals surface area contributed by atoms with Crippen LogP contribution in [0, 0.1) is 0 Å². The molecule has 0 bridgehead atoms. The lowest BCUT2D eigenvalue weighted by Crippen LogP contribution is -2.27. The van der Waals surface area contributed by atoms with Crippen molar-refractivity contribution in [3.63, 3.8) is 0 Å². The molecule has 3 aromatic heterocycles. The fourth-order valence-corrected chi connectivity index (χ4v) is 4.18. The number of nitrogens with zero attached hydrogens (tertiary/aromatic N) is 4. The number of carbonyl (C=O) groups is 1. The van der Waals surface area contributed by atoms with Gasteiger partial charge in [0.2, 0.25) is 0 Å². The van der Waals surface area contributed by atoms with Crippen molar-refractivity contribution in [3.05, 3.63) is 65.6 Å². The summed E-state index contributed by atoms with van der Waals surface area (Å²) in [4.78, 5) is 21.0. The molecule has 3 heterocycles. The second kappa shape index (κ2) is 7.16. The number of carbonyl (C=O) groups excluding carboxylic acids is 1. The summed E-state index contributed by atoms with van der Waals surface area (Å²) in [6.45, 7) is 1.17. The Morgan fingerprint density at radius 1 is 1.18 bits per heavy atom. The molecule has 6 nitrogen and oxygen atoms in total. The van der Waals surface area contributed by atoms with Gasteiger partial charge in [-0.2, -0.15) is 5.10 Å². The Hall–Kier alpha value is -3.06. The molecule has 1 saturated carbocycles. The van der Waals surface area contributed by atoms with Gasteiger partial charge in [0, 0.05) is 36.1 Å². The van der Waals surface area contributed by atoms with Crippen molar-refractivity contribution in [2.75, 3.05) is 6.54 Å². The maximum Gasteiger partial charge on any atom is 0.280 e. The molecule has 0 radical (unpaired) electrons. The Morgan fingerprint density at radius 2 is 2.00 bits per heavy atom. The van der Waals surface area contributed by atoms with Crippen LogP contribution in [0.1, 0.15) is 34.3 Å². The van der Waals surface area contributed by atoms with Gasteiger partial charge < -0.3 is 5.32 Å². The van der Waals surface area contributed by atoms with E-state index < -0.39 is 0 Å². The fraction of sp³-hybridized carbons (Fsp3) is 0.238. The highest BCUT2D eigenvalue weighted by molar-refractivity contribution is 7.20. The van der Waals surface area contributed by atoms with E-state index in [1.54, 1.807) is 12.4 Å². The Bertz CT molecular complexity index is 1100. The second-order valence-corrected chi connectivity index (χ2v) is 7.96. The summed E-state index contributed by atoms with van der Waals surface area (Å²) in [6.07, 6.45) is 5.98. The van der Waals surface area contributed by atoms with Crippen LogP contribution in [0.15, 0.2) is 54.9 Å². The monoisotopic (exact) mass is 389 g/mol. The fourth-order valence-electron chi connectivity index (χ4n) is 3.30. The number of hydrogen-bond donors (Lipinski definition) is 1. The minimum atomic E-state index is -0.129. The first-order chi connectivity index (χ1) is 13.8. The summed E-state index contributed by atoms with van der Waals surface area (Å²) in [5.41, 5.74) is 4.14. The highest BCUT2D eigenvalue weighted by Crippen LogP contribution is 2.41. The molecule has 0 spiro atoms. The van der Waals surface area contributed by atoms with Gasteiger partial charge in [-0.05, 0) is 43.2 Å². The summed E-state index contributed by atoms with van der Waals surface area (Å²) in [5.74, 6) is 0.457. The predicted octanol–water partition coefficient (Wildman–Crippen LogP) is 3.86. The molecule has 1 aromatic carbocycles. The summed E-state index contributed by atoms with van der Waals surface area (Å²) >= 11 is 1.42. The van der Waals surface area contributed by atoms with E-state index >= 15 is 0 Å². The van der Waals surface area contributed by atoms with E-state index in [2.05, 4.69) is 21.4 Å². The Balaban J connectivity index is 1.28. The highest BCUT2D eigenvalue weighted by atomic mass is 32.1. The number of thiazole rings is 1. The first-order valence-corrected chi connectivity index (χ1v) is 10.2. The van der Waals surface area contributed by atoms with Crippen LogP contribution in [0.5, 0.6) is 0 Å². The molecule has 0 saturated heterocycles. The molecule has 28 heavy (non-hydrogen) atoms. The summed E-state index contributed by atoms with van der Waals surface area (Å²) < 4.78 is 3.06. The maximum absolute atomic E-state index is 12.5. The average molecular weight is 389 g/mol. The van der Waals surface area contributed by atoms with Gasteiger partial charge in [-0.25, -0.2) is 4.98 Å². The van der Waals surface area contributed by atoms with Crippen LogP contribution in [0.25, 0.3) is 21.5 Å². The lowest BCUT2D eigenvalue weighted by atomic mass is 10.2. The topological polar surface area (TPSA) is 72.7 Å². The van der Waals surface area contributed by atoms with Crippen LogP contribution < -0.4 is 5.32 Å². The molecule has 1 aliphatic carbocycles. The number of nitrogens with one attached hydrogen (secondary N) is 1. The van der Waals surface area contributed by atoms with E-state index in [4.69, 9.17) is 5.10 Å². The number of amides is 1. The molecule has 7 heteroatoms. The Morgan fingerprint density at radius 3 is 2.79 bits per heavy atom. The molecule has 140 valence electrons. The van der Waals surface area contributed by atoms with Gasteiger partial charge in [0.05, 0.1) is 22.5 Å². The van der Waals surface area contributed by atoms with Crippen LogP contribution in [0.2, 0.25) is 0 Å². The third-order valence-electron chi connectivity index (χ3n) is 4.88. The van der Waals surface area contributed by atoms with Crippen molar-refractivity contribution in [2.24, 2.45) is 0 Å². The molecule has 1 amide bonds. The van der Waals surface area contributed by atoms with E-state index in [1.807, 2.05) is 41.1 Å². The third kappa shape index (κ3) is 3.41. The highest BCUT2D eigenvalue weighted by Gasteiger charge is 2.28. The van der Waals surface area contributed by atoms with E-state index in [0.29, 0.717) is 24.0 Å². The summed E-state index contributed by atoms with van der Waals surface area (Å²) in [7, 11) is 0. The smallest absolute Gasteiger partial charge is 0.280 e. The molecule has 1 aliphatic rings. The average Bonchev–Trinajstić information content (AvgIpc) is 3.34. The normalized spacial score (nSPS) is 13.7. The quantitative estimate of drug-likeness (QED) is 0.543. The molecule has 0 unspecified atom stereocenters. The van der Waals surface area contributed by atoms with E-state index in [1.165, 1.54) is 29.9 Å². The zero-order chi connectivity index (χ0) is 18.9. The number of aromatic nitrogens is 4. The number of pyridine rings is 1.